The van der Waals surface area contributed by atoms with E-state index < -0.39 is 25.6 Å². The molecule has 1 aliphatic rings. The zero-order valence-electron chi connectivity index (χ0n) is 12.4. The van der Waals surface area contributed by atoms with Crippen LogP contribution >= 0.6 is 11.3 Å². The maximum Gasteiger partial charge on any atom is 0.274 e. The molecule has 2 N–H and O–H groups in total. The van der Waals surface area contributed by atoms with Gasteiger partial charge in [0.25, 0.3) is 20.0 Å². The van der Waals surface area contributed by atoms with E-state index in [9.17, 15) is 16.8 Å². The van der Waals surface area contributed by atoms with Crippen LogP contribution in [-0.2, 0) is 20.0 Å². The van der Waals surface area contributed by atoms with Gasteiger partial charge in [-0.1, -0.05) is 0 Å². The number of hydrogen-bond donors (Lipinski definition) is 2. The molecule has 22 heavy (non-hydrogen) atoms. The molecule has 0 radical (unpaired) electrons. The highest BCUT2D eigenvalue weighted by Crippen LogP contribution is 2.36. The molecule has 0 saturated heterocycles. The van der Waals surface area contributed by atoms with Crippen LogP contribution in [0.3, 0.4) is 0 Å². The van der Waals surface area contributed by atoms with Crippen molar-refractivity contribution in [3.8, 4) is 0 Å². The second kappa shape index (κ2) is 5.60. The number of hydrogen-bond acceptors (Lipinski definition) is 6. The molecule has 2 heterocycles. The van der Waals surface area contributed by atoms with Crippen molar-refractivity contribution in [1.82, 2.24) is 9.03 Å². The Morgan fingerprint density at radius 1 is 1.36 bits per heavy atom. The van der Waals surface area contributed by atoms with E-state index in [4.69, 9.17) is 5.11 Å². The van der Waals surface area contributed by atoms with Crippen LogP contribution in [0.4, 0.5) is 0 Å². The van der Waals surface area contributed by atoms with Crippen LogP contribution < -0.4 is 4.72 Å². The van der Waals surface area contributed by atoms with E-state index in [1.807, 2.05) is 0 Å². The Labute approximate surface area is 134 Å². The number of aliphatic hydroxyl groups excluding tert-OH is 1. The lowest BCUT2D eigenvalue weighted by Crippen LogP contribution is -2.40. The number of nitrogens with zero attached hydrogens (tertiary/aromatic N) is 1. The van der Waals surface area contributed by atoms with Crippen LogP contribution in [0.2, 0.25) is 0 Å². The van der Waals surface area contributed by atoms with Crippen molar-refractivity contribution in [3.05, 3.63) is 17.8 Å². The van der Waals surface area contributed by atoms with E-state index in [0.717, 1.165) is 4.31 Å². The van der Waals surface area contributed by atoms with Crippen LogP contribution in [-0.4, -0.2) is 44.9 Å². The number of nitrogens with one attached hydrogen (secondary N) is 1. The average molecular weight is 366 g/mol. The summed E-state index contributed by atoms with van der Waals surface area (Å²) < 4.78 is 52.8. The molecule has 0 amide bonds. The second-order valence-corrected chi connectivity index (χ2v) is 10.9. The molecule has 0 fully saturated rings. The Kier molecular flexibility index (Phi) is 4.44. The molecule has 7 nitrogen and oxygen atoms in total. The normalized spacial score (nSPS) is 17.5. The van der Waals surface area contributed by atoms with Gasteiger partial charge in [0, 0.05) is 17.3 Å². The minimum atomic E-state index is -3.82. The van der Waals surface area contributed by atoms with Gasteiger partial charge in [0.15, 0.2) is 0 Å². The fourth-order valence-corrected chi connectivity index (χ4v) is 6.85. The van der Waals surface area contributed by atoms with E-state index in [-0.39, 0.29) is 21.6 Å². The topological polar surface area (TPSA) is 104 Å². The van der Waals surface area contributed by atoms with Crippen molar-refractivity contribution in [2.45, 2.75) is 34.7 Å². The molecule has 0 aromatic carbocycles. The summed E-state index contributed by atoms with van der Waals surface area (Å²) in [5.41, 5.74) is -0.325. The fourth-order valence-electron chi connectivity index (χ4n) is 1.91. The lowest BCUT2D eigenvalue weighted by atomic mass is 10.1. The fraction of sp³-hybridized carbons (Fsp3) is 0.500. The molecule has 0 atom stereocenters. The Bertz CT molecular complexity index is 800. The van der Waals surface area contributed by atoms with Crippen LogP contribution in [0, 0.1) is 0 Å². The lowest BCUT2D eigenvalue weighted by Gasteiger charge is -2.21. The molecule has 124 valence electrons. The smallest absolute Gasteiger partial charge is 0.274 e. The first-order chi connectivity index (χ1) is 9.97. The summed E-state index contributed by atoms with van der Waals surface area (Å²) in [6.07, 6.45) is 2.85. The molecule has 0 bridgehead atoms. The molecule has 2 rings (SSSR count). The van der Waals surface area contributed by atoms with Crippen LogP contribution in [0.5, 0.6) is 0 Å². The maximum absolute atomic E-state index is 12.4. The molecular formula is C12H18N2O5S3. The van der Waals surface area contributed by atoms with Crippen molar-refractivity contribution in [3.63, 3.8) is 0 Å². The van der Waals surface area contributed by atoms with Crippen LogP contribution in [0.1, 0.15) is 26.3 Å². The zero-order valence-corrected chi connectivity index (χ0v) is 14.8. The second-order valence-electron chi connectivity index (χ2n) is 5.82. The van der Waals surface area contributed by atoms with Crippen LogP contribution in [0.15, 0.2) is 20.7 Å². The predicted molar refractivity (Wildman–Crippen MR) is 84.4 cm³/mol. The number of thiophene rings is 1. The van der Waals surface area contributed by atoms with E-state index in [0.29, 0.717) is 16.9 Å². The van der Waals surface area contributed by atoms with Crippen molar-refractivity contribution < 1.29 is 21.9 Å². The molecule has 0 saturated carbocycles. The summed E-state index contributed by atoms with van der Waals surface area (Å²) in [6.45, 7) is 4.73. The molecule has 10 heteroatoms. The maximum atomic E-state index is 12.4. The summed E-state index contributed by atoms with van der Waals surface area (Å²) in [6, 6.07) is 1.35. The molecule has 0 aliphatic carbocycles. The van der Waals surface area contributed by atoms with Gasteiger partial charge >= 0.3 is 0 Å². The molecular weight excluding hydrogens is 348 g/mol. The zero-order chi connectivity index (χ0) is 16.8. The molecule has 0 unspecified atom stereocenters. The van der Waals surface area contributed by atoms with Crippen LogP contribution in [0.25, 0.3) is 6.08 Å². The van der Waals surface area contributed by atoms with Crippen molar-refractivity contribution in [2.24, 2.45) is 0 Å². The van der Waals surface area contributed by atoms with Gasteiger partial charge in [-0.3, -0.25) is 4.31 Å². The standard InChI is InChI=1S/C12H18N2O5S3/c1-12(2,3)13-21(16,17)10-8-9-4-5-14(6-7-15)22(18,19)11(9)20-10/h4-5,8,13,15H,6-7H2,1-3H3. The Hall–Kier alpha value is -0.940. The summed E-state index contributed by atoms with van der Waals surface area (Å²) in [4.78, 5) is 0. The lowest BCUT2D eigenvalue weighted by molar-refractivity contribution is 0.273. The van der Waals surface area contributed by atoms with E-state index in [1.165, 1.54) is 18.3 Å². The molecule has 0 spiro atoms. The molecule has 1 aromatic heterocycles. The summed E-state index contributed by atoms with van der Waals surface area (Å²) in [7, 11) is -7.61. The third-order valence-corrected chi connectivity index (χ3v) is 8.38. The van der Waals surface area contributed by atoms with Gasteiger partial charge in [0.2, 0.25) is 0 Å². The van der Waals surface area contributed by atoms with Gasteiger partial charge in [-0.05, 0) is 32.9 Å². The highest BCUT2D eigenvalue weighted by atomic mass is 32.3. The van der Waals surface area contributed by atoms with Gasteiger partial charge in [0.1, 0.15) is 8.42 Å². The predicted octanol–water partition coefficient (Wildman–Crippen LogP) is 0.792. The number of sulfonamides is 2. The van der Waals surface area contributed by atoms with Crippen molar-refractivity contribution in [1.29, 1.82) is 0 Å². The first-order valence-electron chi connectivity index (χ1n) is 6.46. The minimum Gasteiger partial charge on any atom is -0.394 e. The quantitative estimate of drug-likeness (QED) is 0.820. The highest BCUT2D eigenvalue weighted by molar-refractivity contribution is 7.94. The third-order valence-electron chi connectivity index (χ3n) is 2.69. The van der Waals surface area contributed by atoms with E-state index in [1.54, 1.807) is 20.8 Å². The highest BCUT2D eigenvalue weighted by Gasteiger charge is 2.33. The number of fused-ring (bicyclic) bond motifs is 1. The average Bonchev–Trinajstić information content (AvgIpc) is 2.76. The van der Waals surface area contributed by atoms with Crippen molar-refractivity contribution >= 4 is 37.5 Å². The summed E-state index contributed by atoms with van der Waals surface area (Å²) in [5, 5.41) is 8.92. The largest absolute Gasteiger partial charge is 0.394 e. The van der Waals surface area contributed by atoms with Gasteiger partial charge in [-0.2, -0.15) is 0 Å². The monoisotopic (exact) mass is 366 g/mol. The first-order valence-corrected chi connectivity index (χ1v) is 10.2. The first kappa shape index (κ1) is 17.4. The van der Waals surface area contributed by atoms with E-state index >= 15 is 0 Å². The Morgan fingerprint density at radius 3 is 2.55 bits per heavy atom. The minimum absolute atomic E-state index is 0.0299. The molecule has 1 aliphatic heterocycles. The van der Waals surface area contributed by atoms with Gasteiger partial charge in [-0.15, -0.1) is 11.3 Å². The van der Waals surface area contributed by atoms with E-state index in [2.05, 4.69) is 4.72 Å². The number of rotatable bonds is 4. The van der Waals surface area contributed by atoms with Gasteiger partial charge < -0.3 is 5.11 Å². The summed E-state index contributed by atoms with van der Waals surface area (Å²) in [5.74, 6) is 0. The number of aliphatic hydroxyl groups is 1. The van der Waals surface area contributed by atoms with Gasteiger partial charge in [-0.25, -0.2) is 21.6 Å². The SMILES string of the molecule is CC(C)(C)NS(=O)(=O)c1cc2c(s1)S(=O)(=O)N(CCO)C=C2. The summed E-state index contributed by atoms with van der Waals surface area (Å²) >= 11 is 0.707. The molecule has 1 aromatic rings. The number of β-amino-alcohol motifs (C(OH)–C–C–N with tert-alkyl or cyclic N) is 1. The van der Waals surface area contributed by atoms with Crippen molar-refractivity contribution in [2.75, 3.05) is 13.2 Å². The Balaban J connectivity index is 2.47. The van der Waals surface area contributed by atoms with Gasteiger partial charge in [0.05, 0.1) is 13.2 Å². The third kappa shape index (κ3) is 3.35. The Morgan fingerprint density at radius 2 is 2.00 bits per heavy atom.